The Hall–Kier alpha value is -1.36. The molecule has 0 radical (unpaired) electrons. The monoisotopic (exact) mass is 222 g/mol. The summed E-state index contributed by atoms with van der Waals surface area (Å²) in [5.74, 6) is 0.306. The average Bonchev–Trinajstić information content (AvgIpc) is 2.30. The van der Waals surface area contributed by atoms with Crippen LogP contribution in [0.1, 0.15) is 25.5 Å². The molecule has 0 amide bonds. The van der Waals surface area contributed by atoms with Crippen molar-refractivity contribution in [1.29, 1.82) is 0 Å². The first-order chi connectivity index (χ1) is 7.68. The molecule has 0 aliphatic carbocycles. The van der Waals surface area contributed by atoms with Gasteiger partial charge >= 0.3 is 5.69 Å². The molecule has 88 valence electrons. The Balaban J connectivity index is 2.34. The Morgan fingerprint density at radius 2 is 2.06 bits per heavy atom. The Kier molecular flexibility index (Phi) is 3.24. The molecular weight excluding hydrogens is 204 g/mol. The summed E-state index contributed by atoms with van der Waals surface area (Å²) in [7, 11) is 0. The minimum atomic E-state index is -0.261. The van der Waals surface area contributed by atoms with Gasteiger partial charge in [-0.2, -0.15) is 4.98 Å². The Labute approximate surface area is 94.9 Å². The number of nitrogens with zero attached hydrogens (tertiary/aromatic N) is 2. The summed E-state index contributed by atoms with van der Waals surface area (Å²) in [6.45, 7) is 8.06. The number of nitrogens with one attached hydrogen (secondary N) is 2. The third kappa shape index (κ3) is 2.24. The van der Waals surface area contributed by atoms with Crippen molar-refractivity contribution >= 4 is 5.69 Å². The van der Waals surface area contributed by atoms with E-state index in [0.717, 1.165) is 37.6 Å². The van der Waals surface area contributed by atoms with Crippen LogP contribution < -0.4 is 15.9 Å². The summed E-state index contributed by atoms with van der Waals surface area (Å²) in [4.78, 5) is 20.2. The van der Waals surface area contributed by atoms with Crippen molar-refractivity contribution in [1.82, 2.24) is 15.3 Å². The highest BCUT2D eigenvalue weighted by molar-refractivity contribution is 5.50. The molecular formula is C11H18N4O. The van der Waals surface area contributed by atoms with Gasteiger partial charge in [0, 0.05) is 31.9 Å². The molecule has 0 saturated carbocycles. The normalized spacial score (nSPS) is 16.8. The lowest BCUT2D eigenvalue weighted by atomic mass is 10.1. The number of rotatable bonds is 2. The molecule has 5 nitrogen and oxygen atoms in total. The van der Waals surface area contributed by atoms with Gasteiger partial charge in [0.15, 0.2) is 0 Å². The molecule has 2 N–H and O–H groups in total. The van der Waals surface area contributed by atoms with Gasteiger partial charge in [-0.1, -0.05) is 13.8 Å². The number of anilines is 1. The number of hydrogen-bond acceptors (Lipinski definition) is 4. The van der Waals surface area contributed by atoms with Crippen molar-refractivity contribution in [3.8, 4) is 0 Å². The molecule has 2 rings (SSSR count). The van der Waals surface area contributed by atoms with Gasteiger partial charge in [0.25, 0.3) is 0 Å². The number of aromatic amines is 1. The van der Waals surface area contributed by atoms with Gasteiger partial charge in [0.05, 0.1) is 11.9 Å². The fourth-order valence-corrected chi connectivity index (χ4v) is 2.00. The van der Waals surface area contributed by atoms with E-state index in [-0.39, 0.29) is 5.69 Å². The van der Waals surface area contributed by atoms with Gasteiger partial charge in [-0.05, 0) is 5.92 Å². The quantitative estimate of drug-likeness (QED) is 0.755. The maximum absolute atomic E-state index is 11.2. The molecule has 1 aromatic rings. The van der Waals surface area contributed by atoms with Gasteiger partial charge in [0.2, 0.25) is 0 Å². The number of hydrogen-bond donors (Lipinski definition) is 2. The molecule has 16 heavy (non-hydrogen) atoms. The van der Waals surface area contributed by atoms with Crippen LogP contribution in [0.25, 0.3) is 0 Å². The van der Waals surface area contributed by atoms with Crippen LogP contribution in [-0.4, -0.2) is 36.1 Å². The SMILES string of the molecule is CC(C)c1[nH]c(=O)ncc1N1CCNCC1. The summed E-state index contributed by atoms with van der Waals surface area (Å²) in [5, 5.41) is 3.31. The van der Waals surface area contributed by atoms with Crippen molar-refractivity contribution in [2.24, 2.45) is 0 Å². The molecule has 1 saturated heterocycles. The predicted molar refractivity (Wildman–Crippen MR) is 64.0 cm³/mol. The van der Waals surface area contributed by atoms with Crippen LogP contribution in [-0.2, 0) is 0 Å². The van der Waals surface area contributed by atoms with E-state index in [1.165, 1.54) is 0 Å². The van der Waals surface area contributed by atoms with Crippen LogP contribution in [0.15, 0.2) is 11.0 Å². The molecule has 5 heteroatoms. The summed E-state index contributed by atoms with van der Waals surface area (Å²) >= 11 is 0. The van der Waals surface area contributed by atoms with Crippen LogP contribution in [0.4, 0.5) is 5.69 Å². The van der Waals surface area contributed by atoms with E-state index >= 15 is 0 Å². The average molecular weight is 222 g/mol. The minimum Gasteiger partial charge on any atom is -0.366 e. The fourth-order valence-electron chi connectivity index (χ4n) is 2.00. The van der Waals surface area contributed by atoms with Crippen LogP contribution in [0.5, 0.6) is 0 Å². The van der Waals surface area contributed by atoms with Gasteiger partial charge in [-0.3, -0.25) is 0 Å². The van der Waals surface area contributed by atoms with Gasteiger partial charge in [-0.25, -0.2) is 4.79 Å². The highest BCUT2D eigenvalue weighted by atomic mass is 16.1. The number of aromatic nitrogens is 2. The topological polar surface area (TPSA) is 61.0 Å². The molecule has 0 atom stereocenters. The largest absolute Gasteiger partial charge is 0.366 e. The van der Waals surface area contributed by atoms with Crippen LogP contribution >= 0.6 is 0 Å². The number of H-pyrrole nitrogens is 1. The summed E-state index contributed by atoms with van der Waals surface area (Å²) in [6.07, 6.45) is 1.69. The van der Waals surface area contributed by atoms with E-state index in [4.69, 9.17) is 0 Å². The molecule has 1 fully saturated rings. The van der Waals surface area contributed by atoms with E-state index in [0.29, 0.717) is 5.92 Å². The van der Waals surface area contributed by atoms with Crippen LogP contribution in [0, 0.1) is 0 Å². The number of piperazine rings is 1. The van der Waals surface area contributed by atoms with Crippen molar-refractivity contribution in [2.45, 2.75) is 19.8 Å². The van der Waals surface area contributed by atoms with Crippen molar-refractivity contribution in [3.05, 3.63) is 22.4 Å². The molecule has 0 bridgehead atoms. The second kappa shape index (κ2) is 4.65. The Bertz CT molecular complexity index is 407. The first-order valence-corrected chi connectivity index (χ1v) is 5.73. The standard InChI is InChI=1S/C11H18N4O/c1-8(2)10-9(7-13-11(16)14-10)15-5-3-12-4-6-15/h7-8,12H,3-6H2,1-2H3,(H,13,14,16). The lowest BCUT2D eigenvalue weighted by molar-refractivity contribution is 0.583. The molecule has 0 unspecified atom stereocenters. The predicted octanol–water partition coefficient (Wildman–Crippen LogP) is 0.303. The van der Waals surface area contributed by atoms with E-state index in [1.54, 1.807) is 6.20 Å². The third-order valence-corrected chi connectivity index (χ3v) is 2.86. The summed E-state index contributed by atoms with van der Waals surface area (Å²) in [5.41, 5.74) is 1.79. The lowest BCUT2D eigenvalue weighted by Gasteiger charge is -2.31. The van der Waals surface area contributed by atoms with Crippen LogP contribution in [0.2, 0.25) is 0 Å². The zero-order chi connectivity index (χ0) is 11.5. The highest BCUT2D eigenvalue weighted by Crippen LogP contribution is 2.23. The van der Waals surface area contributed by atoms with E-state index in [1.807, 2.05) is 0 Å². The fraction of sp³-hybridized carbons (Fsp3) is 0.636. The van der Waals surface area contributed by atoms with Crippen LogP contribution in [0.3, 0.4) is 0 Å². The first-order valence-electron chi connectivity index (χ1n) is 5.73. The second-order valence-corrected chi connectivity index (χ2v) is 4.38. The Morgan fingerprint density at radius 3 is 2.69 bits per heavy atom. The van der Waals surface area contributed by atoms with E-state index in [9.17, 15) is 4.79 Å². The molecule has 1 aliphatic rings. The van der Waals surface area contributed by atoms with Gasteiger partial charge < -0.3 is 15.2 Å². The third-order valence-electron chi connectivity index (χ3n) is 2.86. The highest BCUT2D eigenvalue weighted by Gasteiger charge is 2.16. The molecule has 1 aliphatic heterocycles. The first kappa shape index (κ1) is 11.1. The molecule has 2 heterocycles. The van der Waals surface area contributed by atoms with Crippen molar-refractivity contribution in [3.63, 3.8) is 0 Å². The molecule has 1 aromatic heterocycles. The molecule has 0 spiro atoms. The molecule has 0 aromatic carbocycles. The lowest BCUT2D eigenvalue weighted by Crippen LogP contribution is -2.44. The van der Waals surface area contributed by atoms with E-state index < -0.39 is 0 Å². The van der Waals surface area contributed by atoms with Crippen molar-refractivity contribution < 1.29 is 0 Å². The maximum atomic E-state index is 11.2. The van der Waals surface area contributed by atoms with Gasteiger partial charge in [-0.15, -0.1) is 0 Å². The minimum absolute atomic E-state index is 0.261. The van der Waals surface area contributed by atoms with Gasteiger partial charge in [0.1, 0.15) is 0 Å². The second-order valence-electron chi connectivity index (χ2n) is 4.38. The Morgan fingerprint density at radius 1 is 1.38 bits per heavy atom. The van der Waals surface area contributed by atoms with Crippen molar-refractivity contribution in [2.75, 3.05) is 31.1 Å². The summed E-state index contributed by atoms with van der Waals surface area (Å²) in [6, 6.07) is 0. The maximum Gasteiger partial charge on any atom is 0.345 e. The smallest absolute Gasteiger partial charge is 0.345 e. The summed E-state index contributed by atoms with van der Waals surface area (Å²) < 4.78 is 0. The van der Waals surface area contributed by atoms with E-state index in [2.05, 4.69) is 34.0 Å². The zero-order valence-electron chi connectivity index (χ0n) is 9.79. The zero-order valence-corrected chi connectivity index (χ0v) is 9.79.